The van der Waals surface area contributed by atoms with Crippen molar-refractivity contribution >= 4 is 11.4 Å². The Morgan fingerprint density at radius 1 is 1.32 bits per heavy atom. The molecule has 3 rings (SSSR count). The molecule has 4 heteroatoms. The van der Waals surface area contributed by atoms with Gasteiger partial charge in [0, 0.05) is 25.2 Å². The van der Waals surface area contributed by atoms with E-state index in [0.717, 1.165) is 30.2 Å². The summed E-state index contributed by atoms with van der Waals surface area (Å²) in [6, 6.07) is 7.26. The minimum atomic E-state index is 0.503. The Morgan fingerprint density at radius 3 is 2.95 bits per heavy atom. The highest BCUT2D eigenvalue weighted by Gasteiger charge is 2.35. The van der Waals surface area contributed by atoms with E-state index in [-0.39, 0.29) is 0 Å². The normalized spacial score (nSPS) is 27.4. The number of rotatable bonds is 2. The van der Waals surface area contributed by atoms with Gasteiger partial charge in [0.15, 0.2) is 0 Å². The molecule has 1 aromatic carbocycles. The molecule has 0 radical (unpaired) electrons. The van der Waals surface area contributed by atoms with E-state index < -0.39 is 0 Å². The molecule has 0 aromatic heterocycles. The smallest absolute Gasteiger partial charge is 0.143 e. The molecule has 104 valence electrons. The molecule has 2 N–H and O–H groups in total. The molecule has 1 aromatic rings. The number of benzene rings is 1. The maximum absolute atomic E-state index is 6.24. The third-order valence-electron chi connectivity index (χ3n) is 4.51. The molecule has 2 atom stereocenters. The monoisotopic (exact) mass is 261 g/mol. The van der Waals surface area contributed by atoms with Crippen molar-refractivity contribution in [2.75, 3.05) is 37.4 Å². The van der Waals surface area contributed by atoms with Gasteiger partial charge in [0.05, 0.1) is 18.5 Å². The minimum absolute atomic E-state index is 0.503. The summed E-state index contributed by atoms with van der Waals surface area (Å²) >= 11 is 0. The highest BCUT2D eigenvalue weighted by atomic mass is 16.5. The molecule has 2 fully saturated rings. The molecule has 2 aliphatic heterocycles. The topological polar surface area (TPSA) is 41.7 Å². The van der Waals surface area contributed by atoms with Gasteiger partial charge in [-0.05, 0) is 38.4 Å². The Morgan fingerprint density at radius 2 is 2.16 bits per heavy atom. The summed E-state index contributed by atoms with van der Waals surface area (Å²) in [4.78, 5) is 5.07. The van der Waals surface area contributed by atoms with Crippen LogP contribution in [0.4, 0.5) is 11.4 Å². The minimum Gasteiger partial charge on any atom is -0.495 e. The molecular formula is C15H23N3O. The maximum Gasteiger partial charge on any atom is 0.143 e. The van der Waals surface area contributed by atoms with Gasteiger partial charge in [-0.1, -0.05) is 6.07 Å². The fraction of sp³-hybridized carbons (Fsp3) is 0.600. The fourth-order valence-electron chi connectivity index (χ4n) is 3.48. The lowest BCUT2D eigenvalue weighted by atomic mass is 10.1. The van der Waals surface area contributed by atoms with Crippen molar-refractivity contribution in [1.82, 2.24) is 4.90 Å². The molecular weight excluding hydrogens is 238 g/mol. The van der Waals surface area contributed by atoms with Crippen LogP contribution in [-0.4, -0.2) is 43.7 Å². The number of nitrogens with two attached hydrogens (primary N) is 1. The van der Waals surface area contributed by atoms with E-state index >= 15 is 0 Å². The summed E-state index contributed by atoms with van der Waals surface area (Å²) in [7, 11) is 1.67. The first-order chi connectivity index (χ1) is 9.20. The van der Waals surface area contributed by atoms with Crippen LogP contribution in [0.15, 0.2) is 18.2 Å². The van der Waals surface area contributed by atoms with Gasteiger partial charge >= 0.3 is 0 Å². The standard InChI is InChI=1S/C15H23N3O/c1-11-9-17-8-4-5-12(17)10-18(11)13-6-3-7-14(19-2)15(13)16/h3,6-7,11-12H,4-5,8-10,16H2,1-2H3. The number of nitrogen functional groups attached to an aromatic ring is 1. The van der Waals surface area contributed by atoms with E-state index in [1.807, 2.05) is 12.1 Å². The SMILES string of the molecule is COc1cccc(N2CC3CCCN3CC2C)c1N. The molecule has 2 heterocycles. The van der Waals surface area contributed by atoms with Gasteiger partial charge < -0.3 is 15.4 Å². The van der Waals surface area contributed by atoms with Crippen molar-refractivity contribution in [3.8, 4) is 5.75 Å². The zero-order valence-corrected chi connectivity index (χ0v) is 11.8. The van der Waals surface area contributed by atoms with Gasteiger partial charge in [-0.15, -0.1) is 0 Å². The first-order valence-corrected chi connectivity index (χ1v) is 7.14. The van der Waals surface area contributed by atoms with E-state index in [0.29, 0.717) is 12.1 Å². The number of methoxy groups -OCH3 is 1. The number of fused-ring (bicyclic) bond motifs is 1. The number of ether oxygens (including phenoxy) is 1. The number of hydrogen-bond acceptors (Lipinski definition) is 4. The number of anilines is 2. The van der Waals surface area contributed by atoms with Crippen LogP contribution >= 0.6 is 0 Å². The molecule has 0 aliphatic carbocycles. The molecule has 0 bridgehead atoms. The summed E-state index contributed by atoms with van der Waals surface area (Å²) in [5.41, 5.74) is 8.13. The highest BCUT2D eigenvalue weighted by Crippen LogP contribution is 2.36. The van der Waals surface area contributed by atoms with Crippen molar-refractivity contribution in [2.45, 2.75) is 31.8 Å². The molecule has 2 saturated heterocycles. The summed E-state index contributed by atoms with van der Waals surface area (Å²) in [6.07, 6.45) is 2.64. The highest BCUT2D eigenvalue weighted by molar-refractivity contribution is 5.74. The van der Waals surface area contributed by atoms with Gasteiger partial charge in [0.25, 0.3) is 0 Å². The van der Waals surface area contributed by atoms with E-state index in [2.05, 4.69) is 22.8 Å². The predicted octanol–water partition coefficient (Wildman–Crippen LogP) is 1.95. The quantitative estimate of drug-likeness (QED) is 0.826. The van der Waals surface area contributed by atoms with Crippen LogP contribution < -0.4 is 15.4 Å². The van der Waals surface area contributed by atoms with Gasteiger partial charge in [0.1, 0.15) is 5.75 Å². The van der Waals surface area contributed by atoms with Crippen LogP contribution in [0, 0.1) is 0 Å². The molecule has 2 unspecified atom stereocenters. The van der Waals surface area contributed by atoms with Gasteiger partial charge in [-0.25, -0.2) is 0 Å². The number of nitrogens with zero attached hydrogens (tertiary/aromatic N) is 2. The number of para-hydroxylation sites is 1. The molecule has 19 heavy (non-hydrogen) atoms. The summed E-state index contributed by atoms with van der Waals surface area (Å²) in [5.74, 6) is 0.776. The van der Waals surface area contributed by atoms with Gasteiger partial charge in [0.2, 0.25) is 0 Å². The summed E-state index contributed by atoms with van der Waals surface area (Å²) in [6.45, 7) is 5.77. The Kier molecular flexibility index (Phi) is 3.27. The zero-order valence-electron chi connectivity index (χ0n) is 11.8. The first-order valence-electron chi connectivity index (χ1n) is 7.14. The number of piperazine rings is 1. The van der Waals surface area contributed by atoms with Gasteiger partial charge in [-0.2, -0.15) is 0 Å². The van der Waals surface area contributed by atoms with E-state index in [9.17, 15) is 0 Å². The first kappa shape index (κ1) is 12.6. The molecule has 0 spiro atoms. The van der Waals surface area contributed by atoms with Gasteiger partial charge in [-0.3, -0.25) is 4.90 Å². The number of hydrogen-bond donors (Lipinski definition) is 1. The second-order valence-electron chi connectivity index (χ2n) is 5.69. The van der Waals surface area contributed by atoms with E-state index in [1.54, 1.807) is 7.11 Å². The third-order valence-corrected chi connectivity index (χ3v) is 4.51. The van der Waals surface area contributed by atoms with Crippen molar-refractivity contribution in [2.24, 2.45) is 0 Å². The van der Waals surface area contributed by atoms with Crippen LogP contribution in [0.25, 0.3) is 0 Å². The summed E-state index contributed by atoms with van der Waals surface area (Å²) in [5, 5.41) is 0. The van der Waals surface area contributed by atoms with Crippen LogP contribution in [0.1, 0.15) is 19.8 Å². The second kappa shape index (κ2) is 4.93. The third kappa shape index (κ3) is 2.14. The van der Waals surface area contributed by atoms with Crippen LogP contribution in [0.5, 0.6) is 5.75 Å². The van der Waals surface area contributed by atoms with Crippen LogP contribution in [0.2, 0.25) is 0 Å². The average Bonchev–Trinajstić information content (AvgIpc) is 2.85. The molecule has 4 nitrogen and oxygen atoms in total. The molecule has 2 aliphatic rings. The van der Waals surface area contributed by atoms with Crippen LogP contribution in [0.3, 0.4) is 0 Å². The Bertz CT molecular complexity index is 463. The predicted molar refractivity (Wildman–Crippen MR) is 78.8 cm³/mol. The lowest BCUT2D eigenvalue weighted by Gasteiger charge is -2.44. The van der Waals surface area contributed by atoms with Crippen molar-refractivity contribution in [3.63, 3.8) is 0 Å². The lowest BCUT2D eigenvalue weighted by Crippen LogP contribution is -2.55. The largest absolute Gasteiger partial charge is 0.495 e. The Labute approximate surface area is 115 Å². The van der Waals surface area contributed by atoms with Crippen molar-refractivity contribution < 1.29 is 4.74 Å². The van der Waals surface area contributed by atoms with Crippen molar-refractivity contribution in [1.29, 1.82) is 0 Å². The lowest BCUT2D eigenvalue weighted by molar-refractivity contribution is 0.203. The second-order valence-corrected chi connectivity index (χ2v) is 5.69. The summed E-state index contributed by atoms with van der Waals surface area (Å²) < 4.78 is 5.34. The Balaban J connectivity index is 1.89. The zero-order chi connectivity index (χ0) is 13.4. The van der Waals surface area contributed by atoms with Crippen molar-refractivity contribution in [3.05, 3.63) is 18.2 Å². The maximum atomic E-state index is 6.24. The average molecular weight is 261 g/mol. The van der Waals surface area contributed by atoms with E-state index in [4.69, 9.17) is 10.5 Å². The fourth-order valence-corrected chi connectivity index (χ4v) is 3.48. The molecule has 0 saturated carbocycles. The van der Waals surface area contributed by atoms with Crippen LogP contribution in [-0.2, 0) is 0 Å². The molecule has 0 amide bonds. The Hall–Kier alpha value is -1.42. The van der Waals surface area contributed by atoms with E-state index in [1.165, 1.54) is 19.4 Å².